The highest BCUT2D eigenvalue weighted by atomic mass is 35.5. The van der Waals surface area contributed by atoms with Gasteiger partial charge in [-0.2, -0.15) is 4.98 Å². The van der Waals surface area contributed by atoms with Gasteiger partial charge < -0.3 is 18.4 Å². The summed E-state index contributed by atoms with van der Waals surface area (Å²) >= 11 is 7.30. The SMILES string of the molecule is COc1ccc(-c2noc(CSc3nnc(-c4cccc(Cl)c4)o3)n2)cc1OC. The van der Waals surface area contributed by atoms with E-state index in [1.165, 1.54) is 11.8 Å². The van der Waals surface area contributed by atoms with Gasteiger partial charge in [0.25, 0.3) is 5.22 Å². The summed E-state index contributed by atoms with van der Waals surface area (Å²) in [7, 11) is 3.15. The first-order valence-corrected chi connectivity index (χ1v) is 9.80. The zero-order chi connectivity index (χ0) is 20.2. The number of hydrogen-bond donors (Lipinski definition) is 0. The molecule has 0 aliphatic heterocycles. The monoisotopic (exact) mass is 430 g/mol. The molecule has 0 spiro atoms. The summed E-state index contributed by atoms with van der Waals surface area (Å²) in [4.78, 5) is 4.40. The molecule has 0 radical (unpaired) electrons. The molecule has 148 valence electrons. The average Bonchev–Trinajstić information content (AvgIpc) is 3.41. The zero-order valence-corrected chi connectivity index (χ0v) is 17.0. The van der Waals surface area contributed by atoms with Crippen LogP contribution in [0.5, 0.6) is 11.5 Å². The molecular formula is C19H15ClN4O4S. The molecular weight excluding hydrogens is 416 g/mol. The predicted octanol–water partition coefficient (Wildman–Crippen LogP) is 4.75. The summed E-state index contributed by atoms with van der Waals surface area (Å²) in [5.74, 6) is 2.88. The molecule has 4 rings (SSSR count). The van der Waals surface area contributed by atoms with Crippen molar-refractivity contribution in [2.24, 2.45) is 0 Å². The Hall–Kier alpha value is -3.04. The minimum absolute atomic E-state index is 0.386. The van der Waals surface area contributed by atoms with Gasteiger partial charge in [0.1, 0.15) is 0 Å². The summed E-state index contributed by atoms with van der Waals surface area (Å²) < 4.78 is 21.5. The fourth-order valence-corrected chi connectivity index (χ4v) is 3.33. The van der Waals surface area contributed by atoms with Crippen LogP contribution in [0, 0.1) is 0 Å². The van der Waals surface area contributed by atoms with E-state index in [-0.39, 0.29) is 0 Å². The number of benzene rings is 2. The summed E-state index contributed by atoms with van der Waals surface area (Å²) in [6.07, 6.45) is 0. The van der Waals surface area contributed by atoms with Crippen LogP contribution in [0.15, 0.2) is 56.6 Å². The maximum absolute atomic E-state index is 5.99. The van der Waals surface area contributed by atoms with Crippen molar-refractivity contribution in [1.82, 2.24) is 20.3 Å². The highest BCUT2D eigenvalue weighted by molar-refractivity contribution is 7.98. The second-order valence-corrected chi connectivity index (χ2v) is 7.12. The van der Waals surface area contributed by atoms with E-state index in [0.717, 1.165) is 11.1 Å². The number of ether oxygens (including phenoxy) is 2. The first kappa shape index (κ1) is 19.3. The number of hydrogen-bond acceptors (Lipinski definition) is 9. The van der Waals surface area contributed by atoms with Gasteiger partial charge in [-0.05, 0) is 36.4 Å². The number of methoxy groups -OCH3 is 2. The van der Waals surface area contributed by atoms with Crippen molar-refractivity contribution in [2.45, 2.75) is 11.0 Å². The molecule has 4 aromatic rings. The molecule has 0 aliphatic rings. The Morgan fingerprint density at radius 2 is 1.86 bits per heavy atom. The van der Waals surface area contributed by atoms with E-state index in [0.29, 0.717) is 45.1 Å². The minimum Gasteiger partial charge on any atom is -0.493 e. The fourth-order valence-electron chi connectivity index (χ4n) is 2.54. The van der Waals surface area contributed by atoms with Gasteiger partial charge in [0, 0.05) is 16.1 Å². The molecule has 0 unspecified atom stereocenters. The van der Waals surface area contributed by atoms with Crippen molar-refractivity contribution >= 4 is 23.4 Å². The molecule has 10 heteroatoms. The summed E-state index contributed by atoms with van der Waals surface area (Å²) in [5, 5.41) is 13.1. The van der Waals surface area contributed by atoms with Gasteiger partial charge in [-0.3, -0.25) is 0 Å². The van der Waals surface area contributed by atoms with E-state index in [1.54, 1.807) is 38.5 Å². The molecule has 2 heterocycles. The molecule has 0 amide bonds. The van der Waals surface area contributed by atoms with Crippen LogP contribution < -0.4 is 9.47 Å². The highest BCUT2D eigenvalue weighted by Crippen LogP contribution is 2.32. The van der Waals surface area contributed by atoms with Gasteiger partial charge in [0.2, 0.25) is 17.6 Å². The molecule has 0 N–H and O–H groups in total. The van der Waals surface area contributed by atoms with Crippen molar-refractivity contribution in [1.29, 1.82) is 0 Å². The number of aromatic nitrogens is 4. The van der Waals surface area contributed by atoms with Crippen molar-refractivity contribution in [3.63, 3.8) is 0 Å². The van der Waals surface area contributed by atoms with Crippen LogP contribution in [-0.2, 0) is 5.75 Å². The Bertz CT molecular complexity index is 1130. The third-order valence-corrected chi connectivity index (χ3v) is 4.95. The van der Waals surface area contributed by atoms with Gasteiger partial charge in [-0.15, -0.1) is 10.2 Å². The summed E-state index contributed by atoms with van der Waals surface area (Å²) in [6.45, 7) is 0. The van der Waals surface area contributed by atoms with Crippen LogP contribution in [-0.4, -0.2) is 34.6 Å². The lowest BCUT2D eigenvalue weighted by molar-refractivity contribution is 0.355. The van der Waals surface area contributed by atoms with Crippen molar-refractivity contribution in [3.05, 3.63) is 53.4 Å². The largest absolute Gasteiger partial charge is 0.493 e. The van der Waals surface area contributed by atoms with Crippen LogP contribution in [0.1, 0.15) is 5.89 Å². The molecule has 0 aliphatic carbocycles. The maximum Gasteiger partial charge on any atom is 0.277 e. The Morgan fingerprint density at radius 3 is 2.66 bits per heavy atom. The third-order valence-electron chi connectivity index (χ3n) is 3.91. The predicted molar refractivity (Wildman–Crippen MR) is 107 cm³/mol. The topological polar surface area (TPSA) is 96.3 Å². The molecule has 0 fully saturated rings. The number of halogens is 1. The lowest BCUT2D eigenvalue weighted by Crippen LogP contribution is -1.91. The van der Waals surface area contributed by atoms with Crippen molar-refractivity contribution < 1.29 is 18.4 Å². The lowest BCUT2D eigenvalue weighted by Gasteiger charge is -2.07. The van der Waals surface area contributed by atoms with Crippen LogP contribution in [0.3, 0.4) is 0 Å². The van der Waals surface area contributed by atoms with E-state index >= 15 is 0 Å². The average molecular weight is 431 g/mol. The minimum atomic E-state index is 0.386. The van der Waals surface area contributed by atoms with E-state index < -0.39 is 0 Å². The maximum atomic E-state index is 5.99. The molecule has 2 aromatic heterocycles. The van der Waals surface area contributed by atoms with Gasteiger partial charge in [-0.1, -0.05) is 34.6 Å². The number of thioether (sulfide) groups is 1. The van der Waals surface area contributed by atoms with E-state index in [1.807, 2.05) is 18.2 Å². The zero-order valence-electron chi connectivity index (χ0n) is 15.5. The Morgan fingerprint density at radius 1 is 1.00 bits per heavy atom. The fraction of sp³-hybridized carbons (Fsp3) is 0.158. The van der Waals surface area contributed by atoms with Crippen LogP contribution in [0.2, 0.25) is 5.02 Å². The van der Waals surface area contributed by atoms with Gasteiger partial charge >= 0.3 is 0 Å². The Balaban J connectivity index is 1.44. The van der Waals surface area contributed by atoms with E-state index in [2.05, 4.69) is 20.3 Å². The van der Waals surface area contributed by atoms with Crippen LogP contribution in [0.25, 0.3) is 22.8 Å². The van der Waals surface area contributed by atoms with Crippen molar-refractivity contribution in [3.8, 4) is 34.3 Å². The molecule has 0 saturated heterocycles. The van der Waals surface area contributed by atoms with Gasteiger partial charge in [0.15, 0.2) is 11.5 Å². The smallest absolute Gasteiger partial charge is 0.277 e. The second kappa shape index (κ2) is 8.54. The van der Waals surface area contributed by atoms with Crippen LogP contribution in [0.4, 0.5) is 0 Å². The first-order valence-electron chi connectivity index (χ1n) is 8.43. The summed E-state index contributed by atoms with van der Waals surface area (Å²) in [5.41, 5.74) is 1.51. The molecule has 29 heavy (non-hydrogen) atoms. The van der Waals surface area contributed by atoms with Gasteiger partial charge in [0.05, 0.1) is 20.0 Å². The second-order valence-electron chi connectivity index (χ2n) is 5.75. The standard InChI is InChI=1S/C19H15ClN4O4S/c1-25-14-7-6-11(9-15(14)26-2)17-21-16(28-24-17)10-29-19-23-22-18(27-19)12-4-3-5-13(20)8-12/h3-9H,10H2,1-2H3. The van der Waals surface area contributed by atoms with E-state index in [9.17, 15) is 0 Å². The Kier molecular flexibility index (Phi) is 5.68. The normalized spacial score (nSPS) is 10.9. The highest BCUT2D eigenvalue weighted by Gasteiger charge is 2.14. The Labute approximate surface area is 175 Å². The molecule has 0 atom stereocenters. The van der Waals surface area contributed by atoms with Crippen LogP contribution >= 0.6 is 23.4 Å². The molecule has 8 nitrogen and oxygen atoms in total. The summed E-state index contributed by atoms with van der Waals surface area (Å²) in [6, 6.07) is 12.6. The van der Waals surface area contributed by atoms with Crippen molar-refractivity contribution in [2.75, 3.05) is 14.2 Å². The number of nitrogens with zero attached hydrogens (tertiary/aromatic N) is 4. The first-order chi connectivity index (χ1) is 14.2. The molecule has 2 aromatic carbocycles. The van der Waals surface area contributed by atoms with Gasteiger partial charge in [-0.25, -0.2) is 0 Å². The third kappa shape index (κ3) is 4.36. The molecule has 0 saturated carbocycles. The lowest BCUT2D eigenvalue weighted by atomic mass is 10.2. The quantitative estimate of drug-likeness (QED) is 0.384. The molecule has 0 bridgehead atoms. The number of rotatable bonds is 7. The van der Waals surface area contributed by atoms with E-state index in [4.69, 9.17) is 30.0 Å².